The number of β-lactam (4-membered cyclic amide) rings is 1. The first-order chi connectivity index (χ1) is 13.0. The smallest absolute Gasteiger partial charge is 0.303 e. The monoisotopic (exact) mass is 369 g/mol. The summed E-state index contributed by atoms with van der Waals surface area (Å²) in [5.41, 5.74) is 1.46. The normalized spacial score (nSPS) is 18.7. The van der Waals surface area contributed by atoms with Crippen LogP contribution in [0.15, 0.2) is 61.2 Å². The molecule has 27 heavy (non-hydrogen) atoms. The molecule has 140 valence electrons. The number of anilines is 1. The molecule has 1 heterocycles. The third-order valence-corrected chi connectivity index (χ3v) is 4.58. The van der Waals surface area contributed by atoms with E-state index in [1.54, 1.807) is 35.2 Å². The molecule has 0 radical (unpaired) electrons. The Morgan fingerprint density at radius 2 is 1.85 bits per heavy atom. The largest absolute Gasteiger partial charge is 0.490 e. The van der Waals surface area contributed by atoms with Crippen LogP contribution < -0.4 is 9.64 Å². The Hall–Kier alpha value is -3.15. The van der Waals surface area contributed by atoms with E-state index < -0.39 is 11.9 Å². The average Bonchev–Trinajstić information content (AvgIpc) is 2.66. The van der Waals surface area contributed by atoms with E-state index in [1.165, 1.54) is 12.1 Å². The summed E-state index contributed by atoms with van der Waals surface area (Å²) in [6.45, 7) is 4.00. The highest BCUT2D eigenvalue weighted by atomic mass is 19.1. The predicted octanol–water partition coefficient (Wildman–Crippen LogP) is 3.96. The van der Waals surface area contributed by atoms with Gasteiger partial charge in [-0.2, -0.15) is 0 Å². The van der Waals surface area contributed by atoms with E-state index >= 15 is 0 Å². The Bertz CT molecular complexity index is 832. The van der Waals surface area contributed by atoms with Gasteiger partial charge in [-0.3, -0.25) is 9.59 Å². The summed E-state index contributed by atoms with van der Waals surface area (Å²) in [6, 6.07) is 12.7. The summed E-state index contributed by atoms with van der Waals surface area (Å²) in [5, 5.41) is 8.97. The van der Waals surface area contributed by atoms with Crippen molar-refractivity contribution in [1.29, 1.82) is 0 Å². The number of aliphatic carboxylic acids is 1. The molecule has 2 aromatic carbocycles. The number of hydrogen-bond acceptors (Lipinski definition) is 3. The lowest BCUT2D eigenvalue weighted by Gasteiger charge is -2.47. The lowest BCUT2D eigenvalue weighted by Crippen LogP contribution is -2.55. The van der Waals surface area contributed by atoms with Crippen molar-refractivity contribution in [3.63, 3.8) is 0 Å². The lowest BCUT2D eigenvalue weighted by atomic mass is 9.79. The first kappa shape index (κ1) is 18.6. The van der Waals surface area contributed by atoms with Gasteiger partial charge < -0.3 is 14.7 Å². The molecule has 1 fully saturated rings. The van der Waals surface area contributed by atoms with E-state index in [2.05, 4.69) is 6.58 Å². The fraction of sp³-hybridized carbons (Fsp3) is 0.238. The van der Waals surface area contributed by atoms with Crippen molar-refractivity contribution >= 4 is 17.6 Å². The van der Waals surface area contributed by atoms with Gasteiger partial charge in [0.2, 0.25) is 5.91 Å². The molecule has 0 saturated carbocycles. The molecule has 0 spiro atoms. The Kier molecular flexibility index (Phi) is 5.54. The Morgan fingerprint density at radius 1 is 1.19 bits per heavy atom. The zero-order valence-corrected chi connectivity index (χ0v) is 14.7. The van der Waals surface area contributed by atoms with E-state index in [9.17, 15) is 14.0 Å². The Morgan fingerprint density at radius 3 is 2.44 bits per heavy atom. The molecular weight excluding hydrogens is 349 g/mol. The summed E-state index contributed by atoms with van der Waals surface area (Å²) in [7, 11) is 0. The van der Waals surface area contributed by atoms with Gasteiger partial charge in [-0.1, -0.05) is 24.8 Å². The zero-order chi connectivity index (χ0) is 19.4. The second kappa shape index (κ2) is 8.03. The van der Waals surface area contributed by atoms with Crippen molar-refractivity contribution in [2.45, 2.75) is 18.9 Å². The van der Waals surface area contributed by atoms with Gasteiger partial charge in [-0.25, -0.2) is 4.39 Å². The molecule has 2 unspecified atom stereocenters. The fourth-order valence-corrected chi connectivity index (χ4v) is 3.30. The highest BCUT2D eigenvalue weighted by Gasteiger charge is 2.48. The Balaban J connectivity index is 1.86. The third-order valence-electron chi connectivity index (χ3n) is 4.58. The molecule has 1 aliphatic heterocycles. The van der Waals surface area contributed by atoms with Gasteiger partial charge in [0.1, 0.15) is 18.2 Å². The third kappa shape index (κ3) is 4.00. The summed E-state index contributed by atoms with van der Waals surface area (Å²) >= 11 is 0. The molecule has 0 aromatic heterocycles. The maximum Gasteiger partial charge on any atom is 0.303 e. The van der Waals surface area contributed by atoms with Gasteiger partial charge in [-0.15, -0.1) is 0 Å². The van der Waals surface area contributed by atoms with Crippen molar-refractivity contribution in [2.24, 2.45) is 5.92 Å². The lowest BCUT2D eigenvalue weighted by molar-refractivity contribution is -0.138. The number of nitrogens with zero attached hydrogens (tertiary/aromatic N) is 1. The number of carboxylic acid groups (broad SMARTS) is 1. The van der Waals surface area contributed by atoms with Crippen molar-refractivity contribution in [3.8, 4) is 5.75 Å². The van der Waals surface area contributed by atoms with Gasteiger partial charge >= 0.3 is 5.97 Å². The number of carboxylic acids is 1. The number of ether oxygens (including phenoxy) is 1. The van der Waals surface area contributed by atoms with Crippen LogP contribution in [0.5, 0.6) is 5.75 Å². The molecule has 1 N–H and O–H groups in total. The van der Waals surface area contributed by atoms with Crippen molar-refractivity contribution in [3.05, 3.63) is 72.6 Å². The molecule has 3 rings (SSSR count). The summed E-state index contributed by atoms with van der Waals surface area (Å²) in [5.74, 6) is -1.21. The van der Waals surface area contributed by atoms with Gasteiger partial charge in [-0.05, 0) is 48.4 Å². The summed E-state index contributed by atoms with van der Waals surface area (Å²) in [6.07, 6.45) is 1.83. The first-order valence-electron chi connectivity index (χ1n) is 8.65. The van der Waals surface area contributed by atoms with Gasteiger partial charge in [0.05, 0.1) is 12.0 Å². The topological polar surface area (TPSA) is 66.8 Å². The van der Waals surface area contributed by atoms with Crippen LogP contribution >= 0.6 is 0 Å². The van der Waals surface area contributed by atoms with Crippen LogP contribution in [0.1, 0.15) is 24.4 Å². The summed E-state index contributed by atoms with van der Waals surface area (Å²) < 4.78 is 18.7. The van der Waals surface area contributed by atoms with Gasteiger partial charge in [0.15, 0.2) is 0 Å². The molecule has 1 amide bonds. The number of hydrogen-bond donors (Lipinski definition) is 1. The highest BCUT2D eigenvalue weighted by molar-refractivity contribution is 6.03. The fourth-order valence-electron chi connectivity index (χ4n) is 3.30. The van der Waals surface area contributed by atoms with Crippen LogP contribution in [0.4, 0.5) is 10.1 Å². The highest BCUT2D eigenvalue weighted by Crippen LogP contribution is 2.45. The van der Waals surface area contributed by atoms with Crippen LogP contribution in [-0.2, 0) is 9.59 Å². The maximum absolute atomic E-state index is 13.2. The molecule has 6 heteroatoms. The van der Waals surface area contributed by atoms with E-state index in [0.717, 1.165) is 5.56 Å². The molecular formula is C21H20FNO4. The maximum atomic E-state index is 13.2. The second-order valence-corrected chi connectivity index (χ2v) is 6.34. The molecule has 1 aliphatic rings. The van der Waals surface area contributed by atoms with Crippen LogP contribution in [-0.4, -0.2) is 23.6 Å². The second-order valence-electron chi connectivity index (χ2n) is 6.34. The van der Waals surface area contributed by atoms with E-state index in [0.29, 0.717) is 18.0 Å². The predicted molar refractivity (Wildman–Crippen MR) is 99.1 cm³/mol. The number of carbonyl (C=O) groups is 2. The molecule has 5 nitrogen and oxygen atoms in total. The molecule has 2 aromatic rings. The van der Waals surface area contributed by atoms with E-state index in [-0.39, 0.29) is 30.6 Å². The SMILES string of the molecule is C=CCOc1ccc(C2C(CCC(=O)O)C(=O)N2c2ccc(F)cc2)cc1. The first-order valence-corrected chi connectivity index (χ1v) is 8.65. The van der Waals surface area contributed by atoms with E-state index in [4.69, 9.17) is 9.84 Å². The standard InChI is InChI=1S/C21H20FNO4/c1-2-13-27-17-9-3-14(4-10-17)20-18(11-12-19(24)25)21(26)23(20)16-7-5-15(22)6-8-16/h2-10,18,20H,1,11-13H2,(H,24,25). The van der Waals surface area contributed by atoms with Crippen LogP contribution in [0.25, 0.3) is 0 Å². The number of amides is 1. The van der Waals surface area contributed by atoms with Crippen molar-refractivity contribution < 1.29 is 23.8 Å². The van der Waals surface area contributed by atoms with E-state index in [1.807, 2.05) is 12.1 Å². The molecule has 0 aliphatic carbocycles. The minimum Gasteiger partial charge on any atom is -0.490 e. The number of carbonyl (C=O) groups excluding carboxylic acids is 1. The summed E-state index contributed by atoms with van der Waals surface area (Å²) in [4.78, 5) is 25.2. The zero-order valence-electron chi connectivity index (χ0n) is 14.7. The van der Waals surface area contributed by atoms with Gasteiger partial charge in [0, 0.05) is 12.1 Å². The minimum atomic E-state index is -0.935. The van der Waals surface area contributed by atoms with Crippen LogP contribution in [0.3, 0.4) is 0 Å². The number of rotatable bonds is 8. The molecule has 2 atom stereocenters. The van der Waals surface area contributed by atoms with Crippen molar-refractivity contribution in [1.82, 2.24) is 0 Å². The number of halogens is 1. The van der Waals surface area contributed by atoms with Gasteiger partial charge in [0.25, 0.3) is 0 Å². The Labute approximate surface area is 156 Å². The molecule has 0 bridgehead atoms. The number of benzene rings is 2. The van der Waals surface area contributed by atoms with Crippen LogP contribution in [0.2, 0.25) is 0 Å². The van der Waals surface area contributed by atoms with Crippen LogP contribution in [0, 0.1) is 11.7 Å². The minimum absolute atomic E-state index is 0.0787. The molecule has 1 saturated heterocycles. The van der Waals surface area contributed by atoms with Crippen molar-refractivity contribution in [2.75, 3.05) is 11.5 Å². The quantitative estimate of drug-likeness (QED) is 0.565. The average molecular weight is 369 g/mol.